The third kappa shape index (κ3) is 3.69. The maximum absolute atomic E-state index is 9.70. The van der Waals surface area contributed by atoms with Crippen LogP contribution in [0.4, 0.5) is 0 Å². The minimum absolute atomic E-state index is 0.0865. The SMILES string of the molecule is CC(NCc1cc(Br)cs1)C(C)(C)O. The molecule has 0 spiro atoms. The van der Waals surface area contributed by atoms with Crippen molar-refractivity contribution in [1.29, 1.82) is 0 Å². The summed E-state index contributed by atoms with van der Waals surface area (Å²) in [6, 6.07) is 2.18. The highest BCUT2D eigenvalue weighted by atomic mass is 79.9. The molecule has 80 valence electrons. The van der Waals surface area contributed by atoms with Gasteiger partial charge in [-0.3, -0.25) is 0 Å². The molecule has 0 aliphatic carbocycles. The summed E-state index contributed by atoms with van der Waals surface area (Å²) in [7, 11) is 0. The van der Waals surface area contributed by atoms with Gasteiger partial charge in [0.1, 0.15) is 0 Å². The van der Waals surface area contributed by atoms with Crippen LogP contribution in [0, 0.1) is 0 Å². The number of hydrogen-bond donors (Lipinski definition) is 2. The van der Waals surface area contributed by atoms with Crippen molar-refractivity contribution in [3.63, 3.8) is 0 Å². The Kier molecular flexibility index (Phi) is 4.13. The molecule has 0 saturated heterocycles. The zero-order chi connectivity index (χ0) is 10.8. The van der Waals surface area contributed by atoms with Gasteiger partial charge in [-0.2, -0.15) is 0 Å². The van der Waals surface area contributed by atoms with Gasteiger partial charge in [0.25, 0.3) is 0 Å². The van der Waals surface area contributed by atoms with Gasteiger partial charge in [-0.15, -0.1) is 11.3 Å². The second-order valence-electron chi connectivity index (χ2n) is 3.99. The van der Waals surface area contributed by atoms with Crippen LogP contribution < -0.4 is 5.32 Å². The second kappa shape index (κ2) is 4.75. The van der Waals surface area contributed by atoms with Crippen molar-refractivity contribution >= 4 is 27.3 Å². The topological polar surface area (TPSA) is 32.3 Å². The summed E-state index contributed by atoms with van der Waals surface area (Å²) in [6.45, 7) is 6.42. The molecule has 14 heavy (non-hydrogen) atoms. The van der Waals surface area contributed by atoms with Gasteiger partial charge in [0.15, 0.2) is 0 Å². The molecular weight excluding hydrogens is 262 g/mol. The number of aliphatic hydroxyl groups is 1. The number of nitrogens with one attached hydrogen (secondary N) is 1. The molecule has 0 aromatic carbocycles. The van der Waals surface area contributed by atoms with Gasteiger partial charge in [-0.05, 0) is 42.8 Å². The standard InChI is InChI=1S/C10H16BrNOS/c1-7(10(2,3)13)12-5-9-4-8(11)6-14-9/h4,6-7,12-13H,5H2,1-3H3. The largest absolute Gasteiger partial charge is 0.389 e. The number of thiophene rings is 1. The average Bonchev–Trinajstić information content (AvgIpc) is 2.45. The molecule has 1 aromatic rings. The fourth-order valence-corrected chi connectivity index (χ4v) is 2.35. The third-order valence-electron chi connectivity index (χ3n) is 2.26. The fraction of sp³-hybridized carbons (Fsp3) is 0.600. The molecule has 1 rings (SSSR count). The molecule has 0 aliphatic rings. The molecule has 2 nitrogen and oxygen atoms in total. The number of halogens is 1. The van der Waals surface area contributed by atoms with E-state index in [0.717, 1.165) is 11.0 Å². The van der Waals surface area contributed by atoms with Crippen molar-refractivity contribution in [2.75, 3.05) is 0 Å². The lowest BCUT2D eigenvalue weighted by Gasteiger charge is -2.26. The summed E-state index contributed by atoms with van der Waals surface area (Å²) >= 11 is 5.12. The average molecular weight is 278 g/mol. The van der Waals surface area contributed by atoms with Crippen LogP contribution in [0.25, 0.3) is 0 Å². The Hall–Kier alpha value is 0.1000. The number of hydrogen-bond acceptors (Lipinski definition) is 3. The van der Waals surface area contributed by atoms with E-state index >= 15 is 0 Å². The van der Waals surface area contributed by atoms with E-state index in [1.54, 1.807) is 11.3 Å². The lowest BCUT2D eigenvalue weighted by Crippen LogP contribution is -2.43. The first-order chi connectivity index (χ1) is 6.39. The van der Waals surface area contributed by atoms with E-state index in [1.807, 2.05) is 20.8 Å². The van der Waals surface area contributed by atoms with Gasteiger partial charge in [-0.1, -0.05) is 0 Å². The van der Waals surface area contributed by atoms with Gasteiger partial charge in [0, 0.05) is 27.3 Å². The van der Waals surface area contributed by atoms with E-state index in [-0.39, 0.29) is 6.04 Å². The van der Waals surface area contributed by atoms with E-state index in [1.165, 1.54) is 4.88 Å². The first-order valence-corrected chi connectivity index (χ1v) is 6.25. The molecule has 1 aromatic heterocycles. The van der Waals surface area contributed by atoms with E-state index in [4.69, 9.17) is 0 Å². The van der Waals surface area contributed by atoms with Crippen LogP contribution in [-0.4, -0.2) is 16.7 Å². The van der Waals surface area contributed by atoms with Crippen LogP contribution in [0.5, 0.6) is 0 Å². The van der Waals surface area contributed by atoms with E-state index in [9.17, 15) is 5.11 Å². The van der Waals surface area contributed by atoms with Gasteiger partial charge in [-0.25, -0.2) is 0 Å². The van der Waals surface area contributed by atoms with Crippen LogP contribution in [-0.2, 0) is 6.54 Å². The highest BCUT2D eigenvalue weighted by Crippen LogP contribution is 2.20. The highest BCUT2D eigenvalue weighted by molar-refractivity contribution is 9.10. The predicted octanol–water partition coefficient (Wildman–Crippen LogP) is 2.76. The third-order valence-corrected chi connectivity index (χ3v) is 3.96. The first-order valence-electron chi connectivity index (χ1n) is 4.58. The first kappa shape index (κ1) is 12.2. The lowest BCUT2D eigenvalue weighted by atomic mass is 10.0. The summed E-state index contributed by atoms with van der Waals surface area (Å²) in [4.78, 5) is 1.27. The lowest BCUT2D eigenvalue weighted by molar-refractivity contribution is 0.0438. The summed E-state index contributed by atoms with van der Waals surface area (Å²) in [5, 5.41) is 15.1. The molecule has 1 heterocycles. The molecule has 4 heteroatoms. The van der Waals surface area contributed by atoms with Crippen LogP contribution in [0.15, 0.2) is 15.9 Å². The van der Waals surface area contributed by atoms with E-state index < -0.39 is 5.60 Å². The highest BCUT2D eigenvalue weighted by Gasteiger charge is 2.21. The molecule has 0 amide bonds. The zero-order valence-corrected chi connectivity index (χ0v) is 11.1. The van der Waals surface area contributed by atoms with Crippen molar-refractivity contribution in [1.82, 2.24) is 5.32 Å². The van der Waals surface area contributed by atoms with Crippen molar-refractivity contribution in [3.8, 4) is 0 Å². The van der Waals surface area contributed by atoms with Crippen molar-refractivity contribution < 1.29 is 5.11 Å². The van der Waals surface area contributed by atoms with E-state index in [2.05, 4.69) is 32.7 Å². The van der Waals surface area contributed by atoms with Crippen LogP contribution in [0.3, 0.4) is 0 Å². The Morgan fingerprint density at radius 2 is 2.29 bits per heavy atom. The van der Waals surface area contributed by atoms with Gasteiger partial charge in [0.2, 0.25) is 0 Å². The Balaban J connectivity index is 2.41. The molecule has 1 unspecified atom stereocenters. The Labute approximate surface area is 97.5 Å². The predicted molar refractivity (Wildman–Crippen MR) is 64.6 cm³/mol. The molecular formula is C10H16BrNOS. The fourth-order valence-electron chi connectivity index (χ4n) is 0.950. The van der Waals surface area contributed by atoms with Gasteiger partial charge >= 0.3 is 0 Å². The summed E-state index contributed by atoms with van der Waals surface area (Å²) in [5.41, 5.74) is -0.672. The molecule has 2 N–H and O–H groups in total. The second-order valence-corrected chi connectivity index (χ2v) is 5.90. The molecule has 0 aliphatic heterocycles. The monoisotopic (exact) mass is 277 g/mol. The summed E-state index contributed by atoms with van der Waals surface area (Å²) in [5.74, 6) is 0. The smallest absolute Gasteiger partial charge is 0.0741 e. The van der Waals surface area contributed by atoms with Crippen molar-refractivity contribution in [2.24, 2.45) is 0 Å². The van der Waals surface area contributed by atoms with Gasteiger partial charge < -0.3 is 10.4 Å². The summed E-state index contributed by atoms with van der Waals surface area (Å²) in [6.07, 6.45) is 0. The molecule has 1 atom stereocenters. The van der Waals surface area contributed by atoms with Crippen molar-refractivity contribution in [2.45, 2.75) is 39.0 Å². The van der Waals surface area contributed by atoms with Crippen LogP contribution >= 0.6 is 27.3 Å². The zero-order valence-electron chi connectivity index (χ0n) is 8.67. The quantitative estimate of drug-likeness (QED) is 0.887. The normalized spacial score (nSPS) is 14.4. The minimum atomic E-state index is -0.672. The van der Waals surface area contributed by atoms with Gasteiger partial charge in [0.05, 0.1) is 5.60 Å². The Morgan fingerprint density at radius 3 is 2.71 bits per heavy atom. The maximum Gasteiger partial charge on any atom is 0.0741 e. The molecule has 0 bridgehead atoms. The molecule has 0 radical (unpaired) electrons. The van der Waals surface area contributed by atoms with Crippen LogP contribution in [0.1, 0.15) is 25.6 Å². The van der Waals surface area contributed by atoms with E-state index in [0.29, 0.717) is 0 Å². The molecule has 0 saturated carbocycles. The number of rotatable bonds is 4. The minimum Gasteiger partial charge on any atom is -0.389 e. The maximum atomic E-state index is 9.70. The Morgan fingerprint density at radius 1 is 1.64 bits per heavy atom. The molecule has 0 fully saturated rings. The Bertz CT molecular complexity index is 293. The van der Waals surface area contributed by atoms with Crippen LogP contribution in [0.2, 0.25) is 0 Å². The summed E-state index contributed by atoms with van der Waals surface area (Å²) < 4.78 is 1.12. The van der Waals surface area contributed by atoms with Crippen molar-refractivity contribution in [3.05, 3.63) is 20.8 Å².